The molecule has 0 saturated heterocycles. The van der Waals surface area contributed by atoms with Crippen LogP contribution in [0.4, 0.5) is 27.6 Å². The maximum Gasteiger partial charge on any atom is 0.418 e. The second kappa shape index (κ2) is 8.92. The SMILES string of the molecule is CN(CC(=O)Nc1ccccc1C(F)(F)F)C(=O)CSc1nc2cc(F)c(F)cc2[nH]1. The normalized spacial score (nSPS) is 11.5. The van der Waals surface area contributed by atoms with Crippen LogP contribution in [0, 0.1) is 11.6 Å². The molecule has 0 fully saturated rings. The van der Waals surface area contributed by atoms with E-state index in [0.29, 0.717) is 0 Å². The summed E-state index contributed by atoms with van der Waals surface area (Å²) in [6.07, 6.45) is -4.64. The van der Waals surface area contributed by atoms with Crippen molar-refractivity contribution >= 4 is 40.3 Å². The average Bonchev–Trinajstić information content (AvgIpc) is 3.07. The van der Waals surface area contributed by atoms with E-state index in [4.69, 9.17) is 0 Å². The van der Waals surface area contributed by atoms with E-state index in [1.807, 2.05) is 0 Å². The summed E-state index contributed by atoms with van der Waals surface area (Å²) in [5, 5.41) is 2.40. The number of likely N-dealkylation sites (N-methyl/N-ethyl adjacent to an activating group) is 1. The molecule has 0 unspecified atom stereocenters. The maximum atomic E-state index is 13.3. The smallest absolute Gasteiger partial charge is 0.336 e. The van der Waals surface area contributed by atoms with E-state index in [9.17, 15) is 31.5 Å². The van der Waals surface area contributed by atoms with E-state index in [0.717, 1.165) is 40.9 Å². The summed E-state index contributed by atoms with van der Waals surface area (Å²) >= 11 is 0.948. The molecule has 3 rings (SSSR count). The Labute approximate surface area is 176 Å². The number of aromatic amines is 1. The quantitative estimate of drug-likeness (QED) is 0.432. The molecular formula is C19H15F5N4O2S. The number of anilines is 1. The summed E-state index contributed by atoms with van der Waals surface area (Å²) in [6, 6.07) is 6.37. The molecule has 0 saturated carbocycles. The number of hydrogen-bond donors (Lipinski definition) is 2. The van der Waals surface area contributed by atoms with E-state index in [2.05, 4.69) is 15.3 Å². The van der Waals surface area contributed by atoms with E-state index >= 15 is 0 Å². The number of H-pyrrole nitrogens is 1. The number of hydrogen-bond acceptors (Lipinski definition) is 4. The number of carbonyl (C=O) groups excluding carboxylic acids is 2. The molecule has 2 N–H and O–H groups in total. The monoisotopic (exact) mass is 458 g/mol. The first-order valence-electron chi connectivity index (χ1n) is 8.72. The van der Waals surface area contributed by atoms with Crippen molar-refractivity contribution in [2.24, 2.45) is 0 Å². The number of alkyl halides is 3. The Morgan fingerprint density at radius 2 is 1.84 bits per heavy atom. The van der Waals surface area contributed by atoms with Crippen molar-refractivity contribution in [1.29, 1.82) is 0 Å². The number of halogens is 5. The van der Waals surface area contributed by atoms with Crippen LogP contribution in [-0.2, 0) is 15.8 Å². The molecule has 0 radical (unpaired) electrons. The van der Waals surface area contributed by atoms with Crippen LogP contribution in [0.15, 0.2) is 41.6 Å². The zero-order valence-electron chi connectivity index (χ0n) is 15.9. The number of nitrogens with zero attached hydrogens (tertiary/aromatic N) is 2. The molecule has 0 spiro atoms. The zero-order chi connectivity index (χ0) is 22.8. The summed E-state index contributed by atoms with van der Waals surface area (Å²) < 4.78 is 65.5. The highest BCUT2D eigenvalue weighted by Crippen LogP contribution is 2.34. The zero-order valence-corrected chi connectivity index (χ0v) is 16.7. The Hall–Kier alpha value is -3.15. The second-order valence-corrected chi connectivity index (χ2v) is 7.42. The standard InChI is InChI=1S/C19H15F5N4O2S/c1-28(8-16(29)25-13-5-3-2-4-10(13)19(22,23)24)17(30)9-31-18-26-14-6-11(20)12(21)7-15(14)27-18/h2-7H,8-9H2,1H3,(H,25,29)(H,26,27). The largest absolute Gasteiger partial charge is 0.418 e. The van der Waals surface area contributed by atoms with E-state index in [1.165, 1.54) is 19.2 Å². The van der Waals surface area contributed by atoms with E-state index < -0.39 is 47.4 Å². The van der Waals surface area contributed by atoms with Gasteiger partial charge in [-0.1, -0.05) is 23.9 Å². The van der Waals surface area contributed by atoms with Crippen LogP contribution in [0.1, 0.15) is 5.56 Å². The van der Waals surface area contributed by atoms with Gasteiger partial charge in [0, 0.05) is 19.2 Å². The van der Waals surface area contributed by atoms with Gasteiger partial charge in [0.15, 0.2) is 16.8 Å². The highest BCUT2D eigenvalue weighted by molar-refractivity contribution is 7.99. The van der Waals surface area contributed by atoms with Gasteiger partial charge < -0.3 is 15.2 Å². The van der Waals surface area contributed by atoms with Crippen molar-refractivity contribution < 1.29 is 31.5 Å². The third-order valence-electron chi connectivity index (χ3n) is 4.15. The fraction of sp³-hybridized carbons (Fsp3) is 0.211. The molecule has 2 aromatic carbocycles. The Morgan fingerprint density at radius 3 is 2.55 bits per heavy atom. The van der Waals surface area contributed by atoms with Crippen LogP contribution in [0.5, 0.6) is 0 Å². The number of para-hydroxylation sites is 1. The van der Waals surface area contributed by atoms with Crippen LogP contribution in [0.3, 0.4) is 0 Å². The van der Waals surface area contributed by atoms with Gasteiger partial charge in [0.05, 0.1) is 34.6 Å². The average molecular weight is 458 g/mol. The molecule has 164 valence electrons. The maximum absolute atomic E-state index is 13.3. The molecule has 0 bridgehead atoms. The highest BCUT2D eigenvalue weighted by Gasteiger charge is 2.33. The van der Waals surface area contributed by atoms with E-state index in [-0.39, 0.29) is 21.9 Å². The van der Waals surface area contributed by atoms with Gasteiger partial charge in [0.1, 0.15) is 0 Å². The summed E-state index contributed by atoms with van der Waals surface area (Å²) in [6.45, 7) is -0.470. The van der Waals surface area contributed by atoms with Crippen LogP contribution in [0.25, 0.3) is 11.0 Å². The Balaban J connectivity index is 1.57. The second-order valence-electron chi connectivity index (χ2n) is 6.46. The van der Waals surface area contributed by atoms with Gasteiger partial charge in [-0.25, -0.2) is 13.8 Å². The molecule has 6 nitrogen and oxygen atoms in total. The van der Waals surface area contributed by atoms with Gasteiger partial charge in [-0.05, 0) is 12.1 Å². The predicted molar refractivity (Wildman–Crippen MR) is 104 cm³/mol. The summed E-state index contributed by atoms with van der Waals surface area (Å²) in [5.74, 6) is -3.55. The van der Waals surface area contributed by atoms with Crippen molar-refractivity contribution in [3.8, 4) is 0 Å². The summed E-state index contributed by atoms with van der Waals surface area (Å²) in [4.78, 5) is 32.2. The first-order valence-corrected chi connectivity index (χ1v) is 9.70. The molecule has 1 aromatic heterocycles. The van der Waals surface area contributed by atoms with E-state index in [1.54, 1.807) is 0 Å². The Kier molecular flexibility index (Phi) is 6.48. The van der Waals surface area contributed by atoms with Gasteiger partial charge in [-0.3, -0.25) is 9.59 Å². The number of amides is 2. The fourth-order valence-electron chi connectivity index (χ4n) is 2.62. The molecule has 31 heavy (non-hydrogen) atoms. The molecule has 0 atom stereocenters. The predicted octanol–water partition coefficient (Wildman–Crippen LogP) is 4.05. The number of fused-ring (bicyclic) bond motifs is 1. The minimum Gasteiger partial charge on any atom is -0.336 e. The molecular weight excluding hydrogens is 443 g/mol. The number of imidazole rings is 1. The van der Waals surface area contributed by atoms with Gasteiger partial charge in [-0.15, -0.1) is 0 Å². The lowest BCUT2D eigenvalue weighted by Gasteiger charge is -2.18. The van der Waals surface area contributed by atoms with Crippen molar-refractivity contribution in [3.63, 3.8) is 0 Å². The van der Waals surface area contributed by atoms with Gasteiger partial charge >= 0.3 is 6.18 Å². The summed E-state index contributed by atoms with van der Waals surface area (Å²) in [5.41, 5.74) is -0.961. The van der Waals surface area contributed by atoms with Crippen LogP contribution < -0.4 is 5.32 Å². The molecule has 0 aliphatic heterocycles. The Bertz CT molecular complexity index is 1090. The number of benzene rings is 2. The number of carbonyl (C=O) groups is 2. The number of aromatic nitrogens is 2. The lowest BCUT2D eigenvalue weighted by atomic mass is 10.1. The van der Waals surface area contributed by atoms with Crippen LogP contribution in [0.2, 0.25) is 0 Å². The van der Waals surface area contributed by atoms with Crippen molar-refractivity contribution in [1.82, 2.24) is 14.9 Å². The minimum atomic E-state index is -4.64. The third kappa shape index (κ3) is 5.51. The first-order chi connectivity index (χ1) is 14.5. The molecule has 0 aliphatic carbocycles. The lowest BCUT2D eigenvalue weighted by Crippen LogP contribution is -2.36. The Morgan fingerprint density at radius 1 is 1.16 bits per heavy atom. The highest BCUT2D eigenvalue weighted by atomic mass is 32.2. The van der Waals surface area contributed by atoms with Gasteiger partial charge in [0.2, 0.25) is 11.8 Å². The van der Waals surface area contributed by atoms with Crippen molar-refractivity contribution in [2.75, 3.05) is 24.7 Å². The molecule has 2 amide bonds. The minimum absolute atomic E-state index is 0.159. The summed E-state index contributed by atoms with van der Waals surface area (Å²) in [7, 11) is 1.32. The van der Waals surface area contributed by atoms with Gasteiger partial charge in [0.25, 0.3) is 0 Å². The fourth-order valence-corrected chi connectivity index (χ4v) is 3.45. The lowest BCUT2D eigenvalue weighted by molar-refractivity contribution is -0.137. The molecule has 0 aliphatic rings. The first kappa shape index (κ1) is 22.5. The molecule has 1 heterocycles. The molecule has 3 aromatic rings. The third-order valence-corrected chi connectivity index (χ3v) is 5.01. The molecule has 12 heteroatoms. The topological polar surface area (TPSA) is 78.1 Å². The number of thioether (sulfide) groups is 1. The number of nitrogens with one attached hydrogen (secondary N) is 2. The van der Waals surface area contributed by atoms with Crippen molar-refractivity contribution in [2.45, 2.75) is 11.3 Å². The van der Waals surface area contributed by atoms with Gasteiger partial charge in [-0.2, -0.15) is 13.2 Å². The van der Waals surface area contributed by atoms with Crippen molar-refractivity contribution in [3.05, 3.63) is 53.6 Å². The van der Waals surface area contributed by atoms with Crippen LogP contribution in [-0.4, -0.2) is 46.0 Å². The van der Waals surface area contributed by atoms with Crippen LogP contribution >= 0.6 is 11.8 Å². The number of rotatable bonds is 6.